The van der Waals surface area contributed by atoms with E-state index in [0.717, 1.165) is 5.56 Å². The van der Waals surface area contributed by atoms with E-state index in [9.17, 15) is 18.7 Å². The fourth-order valence-electron chi connectivity index (χ4n) is 3.28. The first-order chi connectivity index (χ1) is 13.7. The van der Waals surface area contributed by atoms with E-state index in [1.807, 2.05) is 6.92 Å². The third-order valence-corrected chi connectivity index (χ3v) is 4.91. The number of hydrogen-bond donors (Lipinski definition) is 2. The van der Waals surface area contributed by atoms with Crippen LogP contribution in [0.4, 0.5) is 8.78 Å². The van der Waals surface area contributed by atoms with Gasteiger partial charge in [-0.1, -0.05) is 6.92 Å². The molecule has 0 aliphatic heterocycles. The Morgan fingerprint density at radius 1 is 1.03 bits per heavy atom. The summed E-state index contributed by atoms with van der Waals surface area (Å²) < 4.78 is 38.4. The van der Waals surface area contributed by atoms with Crippen LogP contribution >= 0.6 is 0 Å². The molecule has 0 aromatic heterocycles. The summed E-state index contributed by atoms with van der Waals surface area (Å²) in [6.45, 7) is 1.83. The Kier molecular flexibility index (Phi) is 7.96. The van der Waals surface area contributed by atoms with Gasteiger partial charge >= 0.3 is 5.97 Å². The molecule has 29 heavy (non-hydrogen) atoms. The Morgan fingerprint density at radius 3 is 2.34 bits per heavy atom. The highest BCUT2D eigenvalue weighted by atomic mass is 19.1. The second-order valence-corrected chi connectivity index (χ2v) is 7.12. The van der Waals surface area contributed by atoms with Crippen molar-refractivity contribution in [2.75, 3.05) is 14.2 Å². The number of rotatable bonds is 10. The van der Waals surface area contributed by atoms with Crippen molar-refractivity contribution in [3.05, 3.63) is 58.7 Å². The van der Waals surface area contributed by atoms with Crippen molar-refractivity contribution < 1.29 is 33.3 Å². The molecule has 0 bridgehead atoms. The highest BCUT2D eigenvalue weighted by molar-refractivity contribution is 5.71. The smallest absolute Gasteiger partial charge is 0.332 e. The second-order valence-electron chi connectivity index (χ2n) is 7.12. The van der Waals surface area contributed by atoms with Crippen molar-refractivity contribution in [3.63, 3.8) is 0 Å². The molecule has 0 spiro atoms. The molecule has 0 saturated heterocycles. The largest absolute Gasteiger partial charge is 0.496 e. The van der Waals surface area contributed by atoms with Gasteiger partial charge in [0, 0.05) is 12.0 Å². The molecule has 0 aliphatic rings. The van der Waals surface area contributed by atoms with E-state index in [1.54, 1.807) is 12.1 Å². The van der Waals surface area contributed by atoms with Crippen LogP contribution < -0.4 is 9.47 Å². The molecule has 0 saturated carbocycles. The highest BCUT2D eigenvalue weighted by Crippen LogP contribution is 2.29. The lowest BCUT2D eigenvalue weighted by molar-refractivity contribution is -0.147. The number of aryl methyl sites for hydroxylation is 1. The highest BCUT2D eigenvalue weighted by Gasteiger charge is 2.19. The van der Waals surface area contributed by atoms with E-state index >= 15 is 0 Å². The second kappa shape index (κ2) is 10.2. The first-order valence-corrected chi connectivity index (χ1v) is 9.33. The minimum atomic E-state index is -1.42. The zero-order chi connectivity index (χ0) is 21.6. The van der Waals surface area contributed by atoms with Crippen LogP contribution in [0.1, 0.15) is 36.5 Å². The lowest BCUT2D eigenvalue weighted by Gasteiger charge is -2.17. The van der Waals surface area contributed by atoms with Crippen molar-refractivity contribution >= 4 is 5.97 Å². The molecule has 2 rings (SSSR count). The predicted octanol–water partition coefficient (Wildman–Crippen LogP) is 3.98. The van der Waals surface area contributed by atoms with Crippen molar-refractivity contribution in [2.45, 2.75) is 38.7 Å². The summed E-state index contributed by atoms with van der Waals surface area (Å²) in [5, 5.41) is 18.3. The third-order valence-electron chi connectivity index (χ3n) is 4.91. The van der Waals surface area contributed by atoms with E-state index in [4.69, 9.17) is 14.6 Å². The summed E-state index contributed by atoms with van der Waals surface area (Å²) in [6.07, 6.45) is 0.0406. The minimum absolute atomic E-state index is 0.0807. The van der Waals surface area contributed by atoms with Gasteiger partial charge in [0.2, 0.25) is 0 Å². The zero-order valence-corrected chi connectivity index (χ0v) is 16.7. The molecule has 2 aromatic rings. The van der Waals surface area contributed by atoms with Crippen LogP contribution in [0.15, 0.2) is 30.3 Å². The number of aliphatic carboxylic acids is 1. The van der Waals surface area contributed by atoms with Crippen molar-refractivity contribution in [2.24, 2.45) is 5.92 Å². The summed E-state index contributed by atoms with van der Waals surface area (Å²) in [5.74, 6) is -1.62. The Hall–Kier alpha value is -2.67. The molecular formula is C22H26F2O5. The number of aliphatic hydroxyl groups excluding tert-OH is 1. The molecule has 2 unspecified atom stereocenters. The number of hydrogen-bond acceptors (Lipinski definition) is 4. The molecule has 0 amide bonds. The van der Waals surface area contributed by atoms with Crippen molar-refractivity contribution in [3.8, 4) is 11.5 Å². The van der Waals surface area contributed by atoms with E-state index in [0.29, 0.717) is 36.1 Å². The van der Waals surface area contributed by atoms with Gasteiger partial charge in [0.15, 0.2) is 17.7 Å². The number of benzene rings is 2. The van der Waals surface area contributed by atoms with Crippen LogP contribution in [0, 0.1) is 17.6 Å². The summed E-state index contributed by atoms with van der Waals surface area (Å²) >= 11 is 0. The third kappa shape index (κ3) is 6.15. The van der Waals surface area contributed by atoms with Crippen LogP contribution in [0.5, 0.6) is 11.5 Å². The SMILES string of the molecule is COc1cc(Cc2cc(F)ccc2OC)c(CCC(C)CC(O)C(=O)O)cc1F. The molecule has 2 aromatic carbocycles. The number of carboxylic acids is 1. The van der Waals surface area contributed by atoms with Gasteiger partial charge in [-0.25, -0.2) is 13.6 Å². The first-order valence-electron chi connectivity index (χ1n) is 9.33. The summed E-state index contributed by atoms with van der Waals surface area (Å²) in [4.78, 5) is 10.8. The Morgan fingerprint density at radius 2 is 1.72 bits per heavy atom. The van der Waals surface area contributed by atoms with Gasteiger partial charge in [0.1, 0.15) is 11.6 Å². The Bertz CT molecular complexity index is 853. The molecule has 5 nitrogen and oxygen atoms in total. The molecule has 0 radical (unpaired) electrons. The summed E-state index contributed by atoms with van der Waals surface area (Å²) in [7, 11) is 2.87. The average molecular weight is 408 g/mol. The molecular weight excluding hydrogens is 382 g/mol. The van der Waals surface area contributed by atoms with Crippen molar-refractivity contribution in [1.29, 1.82) is 0 Å². The molecule has 0 heterocycles. The van der Waals surface area contributed by atoms with Gasteiger partial charge in [-0.3, -0.25) is 0 Å². The number of ether oxygens (including phenoxy) is 2. The Labute approximate surface area is 168 Å². The molecule has 0 aliphatic carbocycles. The number of halogens is 2. The van der Waals surface area contributed by atoms with Crippen LogP contribution in [-0.4, -0.2) is 36.5 Å². The zero-order valence-electron chi connectivity index (χ0n) is 16.7. The minimum Gasteiger partial charge on any atom is -0.496 e. The molecule has 2 N–H and O–H groups in total. The van der Waals surface area contributed by atoms with Crippen LogP contribution in [-0.2, 0) is 17.6 Å². The topological polar surface area (TPSA) is 76.0 Å². The maximum Gasteiger partial charge on any atom is 0.332 e. The van der Waals surface area contributed by atoms with Gasteiger partial charge in [-0.05, 0) is 66.6 Å². The number of aliphatic hydroxyl groups is 1. The monoisotopic (exact) mass is 408 g/mol. The predicted molar refractivity (Wildman–Crippen MR) is 104 cm³/mol. The van der Waals surface area contributed by atoms with Gasteiger partial charge in [0.05, 0.1) is 14.2 Å². The fourth-order valence-corrected chi connectivity index (χ4v) is 3.28. The Balaban J connectivity index is 2.27. The molecule has 2 atom stereocenters. The lowest BCUT2D eigenvalue weighted by Crippen LogP contribution is -2.22. The van der Waals surface area contributed by atoms with E-state index in [1.165, 1.54) is 32.4 Å². The maximum absolute atomic E-state index is 14.3. The van der Waals surface area contributed by atoms with Crippen LogP contribution in [0.2, 0.25) is 0 Å². The van der Waals surface area contributed by atoms with Crippen LogP contribution in [0.3, 0.4) is 0 Å². The summed E-state index contributed by atoms with van der Waals surface area (Å²) in [6, 6.07) is 7.21. The summed E-state index contributed by atoms with van der Waals surface area (Å²) in [5.41, 5.74) is 2.10. The lowest BCUT2D eigenvalue weighted by atomic mass is 9.91. The van der Waals surface area contributed by atoms with Gasteiger partial charge in [-0.2, -0.15) is 0 Å². The number of carboxylic acid groups (broad SMARTS) is 1. The maximum atomic E-state index is 14.3. The van der Waals surface area contributed by atoms with Crippen molar-refractivity contribution in [1.82, 2.24) is 0 Å². The molecule has 7 heteroatoms. The fraction of sp³-hybridized carbons (Fsp3) is 0.409. The molecule has 158 valence electrons. The van der Waals surface area contributed by atoms with Gasteiger partial charge in [0.25, 0.3) is 0 Å². The first kappa shape index (κ1) is 22.6. The van der Waals surface area contributed by atoms with Gasteiger partial charge < -0.3 is 19.7 Å². The van der Waals surface area contributed by atoms with E-state index < -0.39 is 23.7 Å². The van der Waals surface area contributed by atoms with Gasteiger partial charge in [-0.15, -0.1) is 0 Å². The number of carbonyl (C=O) groups is 1. The number of methoxy groups -OCH3 is 2. The van der Waals surface area contributed by atoms with Crippen LogP contribution in [0.25, 0.3) is 0 Å². The average Bonchev–Trinajstić information content (AvgIpc) is 2.67. The normalized spacial score (nSPS) is 13.0. The quantitative estimate of drug-likeness (QED) is 0.622. The standard InChI is InChI=1S/C22H26F2O5/c1-13(8-19(25)22(26)27)4-5-14-11-18(24)21(29-3)12-15(14)9-16-10-17(23)6-7-20(16)28-2/h6-7,10-13,19,25H,4-5,8-9H2,1-3H3,(H,26,27). The van der Waals surface area contributed by atoms with E-state index in [2.05, 4.69) is 0 Å². The van der Waals surface area contributed by atoms with E-state index in [-0.39, 0.29) is 18.1 Å². The molecule has 0 fully saturated rings.